The van der Waals surface area contributed by atoms with Crippen LogP contribution in [0.1, 0.15) is 41.3 Å². The van der Waals surface area contributed by atoms with E-state index in [0.717, 1.165) is 31.5 Å². The van der Waals surface area contributed by atoms with E-state index in [2.05, 4.69) is 42.3 Å². The summed E-state index contributed by atoms with van der Waals surface area (Å²) in [5.41, 5.74) is 4.83. The molecule has 0 saturated carbocycles. The van der Waals surface area contributed by atoms with E-state index in [0.29, 0.717) is 6.54 Å². The molecule has 1 aliphatic heterocycles. The van der Waals surface area contributed by atoms with Gasteiger partial charge in [0.25, 0.3) is 0 Å². The molecule has 1 aliphatic rings. The smallest absolute Gasteiger partial charge is 0.317 e. The largest absolute Gasteiger partial charge is 0.338 e. The maximum Gasteiger partial charge on any atom is 0.317 e. The van der Waals surface area contributed by atoms with Gasteiger partial charge in [-0.05, 0) is 55.5 Å². The summed E-state index contributed by atoms with van der Waals surface area (Å²) in [6, 6.07) is 12.6. The number of pyridine rings is 1. The lowest BCUT2D eigenvalue weighted by atomic mass is 9.99. The van der Waals surface area contributed by atoms with Gasteiger partial charge in [-0.25, -0.2) is 4.79 Å². The number of likely N-dealkylation sites (tertiary alicyclic amines) is 1. The fourth-order valence-corrected chi connectivity index (χ4v) is 3.27. The van der Waals surface area contributed by atoms with Gasteiger partial charge in [-0.2, -0.15) is 0 Å². The second-order valence-corrected chi connectivity index (χ2v) is 6.50. The van der Waals surface area contributed by atoms with Crippen molar-refractivity contribution in [3.8, 4) is 0 Å². The highest BCUT2D eigenvalue weighted by Crippen LogP contribution is 2.32. The summed E-state index contributed by atoms with van der Waals surface area (Å²) in [4.78, 5) is 18.8. The van der Waals surface area contributed by atoms with Crippen LogP contribution in [0.25, 0.3) is 0 Å². The summed E-state index contributed by atoms with van der Waals surface area (Å²) in [6.45, 7) is 5.69. The summed E-state index contributed by atoms with van der Waals surface area (Å²) in [7, 11) is 0. The average Bonchev–Trinajstić information content (AvgIpc) is 3.08. The van der Waals surface area contributed by atoms with Crippen LogP contribution in [0.2, 0.25) is 0 Å². The number of hydrogen-bond donors (Lipinski definition) is 1. The molecular weight excluding hydrogens is 298 g/mol. The monoisotopic (exact) mass is 323 g/mol. The lowest BCUT2D eigenvalue weighted by molar-refractivity contribution is 0.193. The molecule has 1 fully saturated rings. The van der Waals surface area contributed by atoms with Crippen molar-refractivity contribution in [3.05, 3.63) is 65.0 Å². The van der Waals surface area contributed by atoms with Gasteiger partial charge in [0.2, 0.25) is 0 Å². The Bertz CT molecular complexity index is 699. The number of benzene rings is 1. The summed E-state index contributed by atoms with van der Waals surface area (Å²) >= 11 is 0. The van der Waals surface area contributed by atoms with E-state index in [1.807, 2.05) is 23.1 Å². The third-order valence-electron chi connectivity index (χ3n) is 4.81. The van der Waals surface area contributed by atoms with Crippen molar-refractivity contribution in [1.82, 2.24) is 15.2 Å². The van der Waals surface area contributed by atoms with Gasteiger partial charge in [-0.3, -0.25) is 4.98 Å². The molecule has 1 unspecified atom stereocenters. The zero-order chi connectivity index (χ0) is 16.9. The lowest BCUT2D eigenvalue weighted by Crippen LogP contribution is -2.40. The van der Waals surface area contributed by atoms with Gasteiger partial charge >= 0.3 is 6.03 Å². The van der Waals surface area contributed by atoms with Crippen LogP contribution in [0.4, 0.5) is 4.79 Å². The van der Waals surface area contributed by atoms with Gasteiger partial charge in [0.15, 0.2) is 0 Å². The molecule has 1 aromatic heterocycles. The van der Waals surface area contributed by atoms with Crippen molar-refractivity contribution < 1.29 is 4.79 Å². The van der Waals surface area contributed by atoms with Gasteiger partial charge in [-0.1, -0.05) is 24.3 Å². The molecule has 2 amide bonds. The predicted octanol–water partition coefficient (Wildman–Crippen LogP) is 3.79. The van der Waals surface area contributed by atoms with Crippen LogP contribution < -0.4 is 5.32 Å². The van der Waals surface area contributed by atoms with E-state index in [-0.39, 0.29) is 12.1 Å². The van der Waals surface area contributed by atoms with E-state index < -0.39 is 0 Å². The quantitative estimate of drug-likeness (QED) is 0.930. The molecule has 1 N–H and O–H groups in total. The second kappa shape index (κ2) is 7.47. The van der Waals surface area contributed by atoms with Gasteiger partial charge in [0, 0.05) is 31.4 Å². The van der Waals surface area contributed by atoms with Gasteiger partial charge < -0.3 is 10.2 Å². The Labute approximate surface area is 143 Å². The molecule has 4 heteroatoms. The van der Waals surface area contributed by atoms with Crippen molar-refractivity contribution in [1.29, 1.82) is 0 Å². The summed E-state index contributed by atoms with van der Waals surface area (Å²) in [5.74, 6) is 0. The number of nitrogens with one attached hydrogen (secondary N) is 1. The van der Waals surface area contributed by atoms with Crippen LogP contribution in [0.3, 0.4) is 0 Å². The molecule has 0 spiro atoms. The molecule has 1 atom stereocenters. The van der Waals surface area contributed by atoms with Crippen molar-refractivity contribution in [2.24, 2.45) is 0 Å². The molecule has 126 valence electrons. The molecule has 4 nitrogen and oxygen atoms in total. The summed E-state index contributed by atoms with van der Waals surface area (Å²) in [6.07, 6.45) is 4.64. The highest BCUT2D eigenvalue weighted by atomic mass is 16.2. The van der Waals surface area contributed by atoms with Crippen LogP contribution in [-0.2, 0) is 6.42 Å². The van der Waals surface area contributed by atoms with Crippen molar-refractivity contribution >= 4 is 6.03 Å². The highest BCUT2D eigenvalue weighted by Gasteiger charge is 2.29. The minimum atomic E-state index is 0.0339. The van der Waals surface area contributed by atoms with Gasteiger partial charge in [0.1, 0.15) is 0 Å². The van der Waals surface area contributed by atoms with Crippen LogP contribution >= 0.6 is 0 Å². The maximum atomic E-state index is 12.6. The third kappa shape index (κ3) is 3.75. The first-order valence-electron chi connectivity index (χ1n) is 8.66. The third-order valence-corrected chi connectivity index (χ3v) is 4.81. The molecule has 0 radical (unpaired) electrons. The fourth-order valence-electron chi connectivity index (χ4n) is 3.27. The van der Waals surface area contributed by atoms with E-state index in [1.54, 1.807) is 6.20 Å². The number of amides is 2. The van der Waals surface area contributed by atoms with Crippen molar-refractivity contribution in [2.75, 3.05) is 13.1 Å². The first kappa shape index (κ1) is 16.5. The Hall–Kier alpha value is -2.36. The normalized spacial score (nSPS) is 17.1. The predicted molar refractivity (Wildman–Crippen MR) is 95.9 cm³/mol. The van der Waals surface area contributed by atoms with Crippen molar-refractivity contribution in [2.45, 2.75) is 39.2 Å². The van der Waals surface area contributed by atoms with Crippen LogP contribution in [-0.4, -0.2) is 29.0 Å². The molecule has 1 aromatic carbocycles. The zero-order valence-electron chi connectivity index (χ0n) is 14.5. The number of hydrogen-bond acceptors (Lipinski definition) is 2. The molecule has 24 heavy (non-hydrogen) atoms. The van der Waals surface area contributed by atoms with E-state index in [4.69, 9.17) is 0 Å². The lowest BCUT2D eigenvalue weighted by Gasteiger charge is -2.26. The van der Waals surface area contributed by atoms with Crippen LogP contribution in [0, 0.1) is 13.8 Å². The van der Waals surface area contributed by atoms with E-state index in [9.17, 15) is 4.79 Å². The topological polar surface area (TPSA) is 45.2 Å². The SMILES string of the molecule is Cc1ccc(C2CCCN2C(=O)NCCc2ccccn2)cc1C. The standard InChI is InChI=1S/C20H25N3O/c1-15-8-9-17(14-16(15)2)19-7-5-13-23(19)20(24)22-12-10-18-6-3-4-11-21-18/h3-4,6,8-9,11,14,19H,5,7,10,12-13H2,1-2H3,(H,22,24). The Kier molecular flexibility index (Phi) is 5.14. The summed E-state index contributed by atoms with van der Waals surface area (Å²) < 4.78 is 0. The zero-order valence-corrected chi connectivity index (χ0v) is 14.5. The summed E-state index contributed by atoms with van der Waals surface area (Å²) in [5, 5.41) is 3.05. The number of urea groups is 1. The fraction of sp³-hybridized carbons (Fsp3) is 0.400. The number of aryl methyl sites for hydroxylation is 2. The maximum absolute atomic E-state index is 12.6. The molecule has 0 aliphatic carbocycles. The number of aromatic nitrogens is 1. The minimum absolute atomic E-state index is 0.0339. The van der Waals surface area contributed by atoms with E-state index in [1.165, 1.54) is 16.7 Å². The molecule has 0 bridgehead atoms. The molecular formula is C20H25N3O. The number of rotatable bonds is 4. The van der Waals surface area contributed by atoms with Crippen molar-refractivity contribution in [3.63, 3.8) is 0 Å². The Morgan fingerprint density at radius 1 is 1.25 bits per heavy atom. The first-order chi connectivity index (χ1) is 11.6. The molecule has 3 rings (SSSR count). The number of carbonyl (C=O) groups excluding carboxylic acids is 1. The number of nitrogens with zero attached hydrogens (tertiary/aromatic N) is 2. The number of carbonyl (C=O) groups is 1. The minimum Gasteiger partial charge on any atom is -0.338 e. The Morgan fingerprint density at radius 3 is 2.88 bits per heavy atom. The average molecular weight is 323 g/mol. The van der Waals surface area contributed by atoms with Crippen LogP contribution in [0.15, 0.2) is 42.6 Å². The van der Waals surface area contributed by atoms with Crippen LogP contribution in [0.5, 0.6) is 0 Å². The molecule has 2 heterocycles. The molecule has 2 aromatic rings. The first-order valence-corrected chi connectivity index (χ1v) is 8.66. The Morgan fingerprint density at radius 2 is 2.12 bits per heavy atom. The molecule has 1 saturated heterocycles. The highest BCUT2D eigenvalue weighted by molar-refractivity contribution is 5.75. The second-order valence-electron chi connectivity index (χ2n) is 6.50. The van der Waals surface area contributed by atoms with Gasteiger partial charge in [-0.15, -0.1) is 0 Å². The van der Waals surface area contributed by atoms with Gasteiger partial charge in [0.05, 0.1) is 6.04 Å². The Balaban J connectivity index is 1.60. The van der Waals surface area contributed by atoms with E-state index >= 15 is 0 Å².